The van der Waals surface area contributed by atoms with Crippen molar-refractivity contribution in [3.63, 3.8) is 0 Å². The molecule has 0 aliphatic carbocycles. The van der Waals surface area contributed by atoms with Crippen LogP contribution in [-0.4, -0.2) is 37.2 Å². The Bertz CT molecular complexity index is 890. The van der Waals surface area contributed by atoms with E-state index in [1.165, 1.54) is 12.1 Å². The maximum absolute atomic E-state index is 12.1. The minimum absolute atomic E-state index is 0.0159. The Morgan fingerprint density at radius 2 is 1.59 bits per heavy atom. The van der Waals surface area contributed by atoms with E-state index in [-0.39, 0.29) is 23.8 Å². The van der Waals surface area contributed by atoms with Gasteiger partial charge in [0.05, 0.1) is 22.5 Å². The molecule has 2 aromatic rings. The van der Waals surface area contributed by atoms with Crippen LogP contribution in [0.25, 0.3) is 0 Å². The van der Waals surface area contributed by atoms with E-state index in [4.69, 9.17) is 0 Å². The number of carboxylic acids is 1. The van der Waals surface area contributed by atoms with Crippen molar-refractivity contribution in [3.8, 4) is 0 Å². The first-order valence-corrected chi connectivity index (χ1v) is 10.1. The van der Waals surface area contributed by atoms with Gasteiger partial charge in [-0.05, 0) is 37.1 Å². The zero-order valence-electron chi connectivity index (χ0n) is 15.3. The smallest absolute Gasteiger partial charge is 0.312 e. The third kappa shape index (κ3) is 5.40. The fourth-order valence-electron chi connectivity index (χ4n) is 2.57. The molecule has 0 radical (unpaired) electrons. The summed E-state index contributed by atoms with van der Waals surface area (Å²) in [5.74, 6) is -2.16. The highest BCUT2D eigenvalue weighted by Gasteiger charge is 2.21. The van der Waals surface area contributed by atoms with Crippen LogP contribution in [0.15, 0.2) is 59.5 Å². The van der Waals surface area contributed by atoms with Gasteiger partial charge in [-0.15, -0.1) is 0 Å². The Morgan fingerprint density at radius 3 is 2.11 bits per heavy atom. The number of benzene rings is 2. The van der Waals surface area contributed by atoms with E-state index < -0.39 is 27.0 Å². The topological polar surface area (TPSA) is 101 Å². The van der Waals surface area contributed by atoms with Gasteiger partial charge in [0.2, 0.25) is 5.91 Å². The molecule has 1 unspecified atom stereocenters. The Morgan fingerprint density at radius 1 is 1.00 bits per heavy atom. The molecule has 0 saturated carbocycles. The molecule has 0 aliphatic rings. The summed E-state index contributed by atoms with van der Waals surface area (Å²) in [4.78, 5) is 23.8. The third-order valence-electron chi connectivity index (χ3n) is 4.24. The van der Waals surface area contributed by atoms with E-state index in [9.17, 15) is 23.1 Å². The monoisotopic (exact) mass is 389 g/mol. The molecule has 2 N–H and O–H groups in total. The normalized spacial score (nSPS) is 12.6. The molecular weight excluding hydrogens is 366 g/mol. The Hall–Kier alpha value is -2.67. The number of hydrogen-bond acceptors (Lipinski definition) is 4. The van der Waals surface area contributed by atoms with Gasteiger partial charge >= 0.3 is 5.97 Å². The fraction of sp³-hybridized carbons (Fsp3) is 0.300. The van der Waals surface area contributed by atoms with Gasteiger partial charge in [-0.25, -0.2) is 8.42 Å². The van der Waals surface area contributed by atoms with Gasteiger partial charge in [0.1, 0.15) is 0 Å². The number of nitrogens with one attached hydrogen (secondary N) is 1. The molecule has 1 amide bonds. The predicted octanol–water partition coefficient (Wildman–Crippen LogP) is 2.40. The second-order valence-corrected chi connectivity index (χ2v) is 9.02. The van der Waals surface area contributed by atoms with Gasteiger partial charge < -0.3 is 10.4 Å². The highest BCUT2D eigenvalue weighted by atomic mass is 32.2. The van der Waals surface area contributed by atoms with Crippen molar-refractivity contribution in [1.29, 1.82) is 0 Å². The molecule has 0 saturated heterocycles. The van der Waals surface area contributed by atoms with Crippen LogP contribution in [0.3, 0.4) is 0 Å². The lowest BCUT2D eigenvalue weighted by Gasteiger charge is -2.14. The minimum Gasteiger partial charge on any atom is -0.481 e. The zero-order valence-corrected chi connectivity index (χ0v) is 16.1. The largest absolute Gasteiger partial charge is 0.481 e. The predicted molar refractivity (Wildman–Crippen MR) is 102 cm³/mol. The van der Waals surface area contributed by atoms with E-state index in [1.54, 1.807) is 56.3 Å². The first-order valence-electron chi connectivity index (χ1n) is 8.59. The Balaban J connectivity index is 1.98. The Labute approximate surface area is 159 Å². The van der Waals surface area contributed by atoms with Crippen molar-refractivity contribution < 1.29 is 23.1 Å². The SMILES string of the molecule is CC(C)S(=O)(=O)c1ccc(CC(=O)NCC(C(=O)O)c2ccccc2)cc1. The first kappa shape index (κ1) is 20.6. The van der Waals surface area contributed by atoms with Crippen LogP contribution in [0.2, 0.25) is 0 Å². The molecule has 2 aromatic carbocycles. The van der Waals surface area contributed by atoms with Gasteiger partial charge in [0, 0.05) is 6.54 Å². The van der Waals surface area contributed by atoms with Crippen molar-refractivity contribution in [3.05, 3.63) is 65.7 Å². The number of hydrogen-bond donors (Lipinski definition) is 2. The lowest BCUT2D eigenvalue weighted by atomic mass is 9.99. The first-order chi connectivity index (χ1) is 12.7. The lowest BCUT2D eigenvalue weighted by molar-refractivity contribution is -0.138. The van der Waals surface area contributed by atoms with Gasteiger partial charge in [0.25, 0.3) is 0 Å². The van der Waals surface area contributed by atoms with E-state index in [0.717, 1.165) is 0 Å². The molecular formula is C20H23NO5S. The summed E-state index contributed by atoms with van der Waals surface area (Å²) in [6.45, 7) is 3.21. The maximum Gasteiger partial charge on any atom is 0.312 e. The highest BCUT2D eigenvalue weighted by Crippen LogP contribution is 2.17. The average molecular weight is 389 g/mol. The van der Waals surface area contributed by atoms with E-state index >= 15 is 0 Å². The van der Waals surface area contributed by atoms with Crippen LogP contribution >= 0.6 is 0 Å². The maximum atomic E-state index is 12.1. The molecule has 1 atom stereocenters. The molecule has 0 fully saturated rings. The number of sulfone groups is 1. The standard InChI is InChI=1S/C20H23NO5S/c1-14(2)27(25,26)17-10-8-15(9-11-17)12-19(22)21-13-18(20(23)24)16-6-4-3-5-7-16/h3-11,14,18H,12-13H2,1-2H3,(H,21,22)(H,23,24). The van der Waals surface area contributed by atoms with Crippen LogP contribution in [0.4, 0.5) is 0 Å². The van der Waals surface area contributed by atoms with Crippen molar-refractivity contribution in [2.75, 3.05) is 6.54 Å². The lowest BCUT2D eigenvalue weighted by Crippen LogP contribution is -2.32. The number of aliphatic carboxylic acids is 1. The quantitative estimate of drug-likeness (QED) is 0.722. The van der Waals surface area contributed by atoms with Gasteiger partial charge in [-0.2, -0.15) is 0 Å². The molecule has 0 aromatic heterocycles. The Kier molecular flexibility index (Phi) is 6.74. The summed E-state index contributed by atoms with van der Waals surface area (Å²) in [6, 6.07) is 14.9. The summed E-state index contributed by atoms with van der Waals surface area (Å²) < 4.78 is 24.2. The molecule has 0 spiro atoms. The second kappa shape index (κ2) is 8.81. The summed E-state index contributed by atoms with van der Waals surface area (Å²) in [6.07, 6.45) is 0.0448. The fourth-order valence-corrected chi connectivity index (χ4v) is 3.63. The summed E-state index contributed by atoms with van der Waals surface area (Å²) >= 11 is 0. The molecule has 2 rings (SSSR count). The average Bonchev–Trinajstić information content (AvgIpc) is 2.63. The molecule has 7 heteroatoms. The zero-order chi connectivity index (χ0) is 20.0. The third-order valence-corrected chi connectivity index (χ3v) is 6.41. The number of rotatable bonds is 8. The summed E-state index contributed by atoms with van der Waals surface area (Å²) in [5.41, 5.74) is 1.27. The molecule has 0 aliphatic heterocycles. The molecule has 27 heavy (non-hydrogen) atoms. The van der Waals surface area contributed by atoms with Crippen molar-refractivity contribution >= 4 is 21.7 Å². The molecule has 0 heterocycles. The van der Waals surface area contributed by atoms with Crippen LogP contribution in [0.1, 0.15) is 30.9 Å². The van der Waals surface area contributed by atoms with E-state index in [0.29, 0.717) is 11.1 Å². The minimum atomic E-state index is -3.35. The molecule has 6 nitrogen and oxygen atoms in total. The van der Waals surface area contributed by atoms with Crippen LogP contribution in [0, 0.1) is 0 Å². The van der Waals surface area contributed by atoms with Gasteiger partial charge in [-0.1, -0.05) is 42.5 Å². The van der Waals surface area contributed by atoms with Crippen LogP contribution < -0.4 is 5.32 Å². The summed E-state index contributed by atoms with van der Waals surface area (Å²) in [7, 11) is -3.35. The van der Waals surface area contributed by atoms with Crippen molar-refractivity contribution in [2.45, 2.75) is 36.3 Å². The highest BCUT2D eigenvalue weighted by molar-refractivity contribution is 7.92. The second-order valence-electron chi connectivity index (χ2n) is 6.52. The van der Waals surface area contributed by atoms with E-state index in [1.807, 2.05) is 0 Å². The molecule has 144 valence electrons. The van der Waals surface area contributed by atoms with Crippen LogP contribution in [-0.2, 0) is 25.8 Å². The van der Waals surface area contributed by atoms with Crippen molar-refractivity contribution in [2.24, 2.45) is 0 Å². The summed E-state index contributed by atoms with van der Waals surface area (Å²) in [5, 5.41) is 11.5. The van der Waals surface area contributed by atoms with Gasteiger partial charge in [0.15, 0.2) is 9.84 Å². The van der Waals surface area contributed by atoms with Gasteiger partial charge in [-0.3, -0.25) is 9.59 Å². The number of carbonyl (C=O) groups excluding carboxylic acids is 1. The number of carbonyl (C=O) groups is 2. The van der Waals surface area contributed by atoms with E-state index in [2.05, 4.69) is 5.32 Å². The number of amides is 1. The van der Waals surface area contributed by atoms with Crippen molar-refractivity contribution in [1.82, 2.24) is 5.32 Å². The van der Waals surface area contributed by atoms with Crippen LogP contribution in [0.5, 0.6) is 0 Å². The number of carboxylic acid groups (broad SMARTS) is 1. The molecule has 0 bridgehead atoms.